The predicted octanol–water partition coefficient (Wildman–Crippen LogP) is 2.13. The van der Waals surface area contributed by atoms with Gasteiger partial charge in [0.2, 0.25) is 0 Å². The van der Waals surface area contributed by atoms with E-state index < -0.39 is 5.91 Å². The van der Waals surface area contributed by atoms with E-state index in [-0.39, 0.29) is 39.7 Å². The zero-order valence-corrected chi connectivity index (χ0v) is 15.7. The number of methoxy groups -OCH3 is 1. The molecule has 27 heavy (non-hydrogen) atoms. The van der Waals surface area contributed by atoms with Crippen LogP contribution in [0, 0.1) is 6.92 Å². The van der Waals surface area contributed by atoms with Crippen LogP contribution >= 0.6 is 11.6 Å². The zero-order chi connectivity index (χ0) is 19.7. The van der Waals surface area contributed by atoms with Crippen LogP contribution in [0.15, 0.2) is 29.2 Å². The molecular formula is C18H17ClN4O4. The van der Waals surface area contributed by atoms with Gasteiger partial charge in [-0.05, 0) is 25.1 Å². The molecule has 0 saturated carbocycles. The van der Waals surface area contributed by atoms with Crippen molar-refractivity contribution in [3.63, 3.8) is 0 Å². The average Bonchev–Trinajstić information content (AvgIpc) is 2.92. The monoisotopic (exact) mass is 388 g/mol. The summed E-state index contributed by atoms with van der Waals surface area (Å²) in [6, 6.07) is 4.95. The summed E-state index contributed by atoms with van der Waals surface area (Å²) in [6.45, 7) is 3.01. The molecule has 9 heteroatoms. The standard InChI is InChI=1S/C18H17ClN4O4/c1-9-7-13(27-3)11(17(25)22-9)8-20-18(26)14-12-5-4-6-21-23(12)16(10(2)24)15(14)19/h4-7H,8H2,1-3H3,(H,20,26)(H,22,25). The molecule has 0 fully saturated rings. The van der Waals surface area contributed by atoms with Gasteiger partial charge in [-0.2, -0.15) is 5.10 Å². The van der Waals surface area contributed by atoms with E-state index >= 15 is 0 Å². The van der Waals surface area contributed by atoms with Gasteiger partial charge in [-0.15, -0.1) is 0 Å². The number of hydrogen-bond acceptors (Lipinski definition) is 5. The summed E-state index contributed by atoms with van der Waals surface area (Å²) in [5, 5.41) is 6.77. The molecule has 0 atom stereocenters. The number of hydrogen-bond donors (Lipinski definition) is 2. The van der Waals surface area contributed by atoms with Gasteiger partial charge in [-0.3, -0.25) is 14.4 Å². The Labute approximate surface area is 159 Å². The average molecular weight is 389 g/mol. The maximum Gasteiger partial charge on any atom is 0.256 e. The summed E-state index contributed by atoms with van der Waals surface area (Å²) < 4.78 is 6.55. The van der Waals surface area contributed by atoms with Crippen molar-refractivity contribution < 1.29 is 14.3 Å². The molecule has 0 aliphatic rings. The Balaban J connectivity index is 1.98. The molecule has 0 aliphatic carbocycles. The van der Waals surface area contributed by atoms with Crippen LogP contribution in [0.1, 0.15) is 39.0 Å². The highest BCUT2D eigenvalue weighted by Gasteiger charge is 2.25. The highest BCUT2D eigenvalue weighted by Crippen LogP contribution is 2.28. The van der Waals surface area contributed by atoms with Crippen LogP contribution in [0.3, 0.4) is 0 Å². The van der Waals surface area contributed by atoms with Crippen molar-refractivity contribution in [1.29, 1.82) is 0 Å². The summed E-state index contributed by atoms with van der Waals surface area (Å²) in [5.74, 6) is -0.472. The Hall–Kier alpha value is -3.13. The molecule has 0 saturated heterocycles. The van der Waals surface area contributed by atoms with Crippen LogP contribution in [0.4, 0.5) is 0 Å². The van der Waals surface area contributed by atoms with Crippen LogP contribution in [0.25, 0.3) is 5.52 Å². The Bertz CT molecular complexity index is 1120. The van der Waals surface area contributed by atoms with Crippen molar-refractivity contribution in [1.82, 2.24) is 19.9 Å². The highest BCUT2D eigenvalue weighted by molar-refractivity contribution is 6.38. The number of halogens is 1. The second-order valence-electron chi connectivity index (χ2n) is 5.93. The van der Waals surface area contributed by atoms with Gasteiger partial charge in [0.15, 0.2) is 5.78 Å². The number of pyridine rings is 1. The molecule has 0 bridgehead atoms. The SMILES string of the molecule is COc1cc(C)[nH]c(=O)c1CNC(=O)c1c(Cl)c(C(C)=O)n2ncccc12. The summed E-state index contributed by atoms with van der Waals surface area (Å²) >= 11 is 6.30. The summed E-state index contributed by atoms with van der Waals surface area (Å²) in [4.78, 5) is 39.5. The number of rotatable bonds is 5. The van der Waals surface area contributed by atoms with Crippen molar-refractivity contribution in [3.05, 3.63) is 62.3 Å². The first kappa shape index (κ1) is 18.7. The van der Waals surface area contributed by atoms with Gasteiger partial charge < -0.3 is 15.0 Å². The van der Waals surface area contributed by atoms with Gasteiger partial charge in [0, 0.05) is 18.8 Å². The minimum Gasteiger partial charge on any atom is -0.496 e. The zero-order valence-electron chi connectivity index (χ0n) is 14.9. The first-order chi connectivity index (χ1) is 12.8. The lowest BCUT2D eigenvalue weighted by atomic mass is 10.2. The first-order valence-corrected chi connectivity index (χ1v) is 8.44. The molecule has 140 valence electrons. The number of aromatic nitrogens is 3. The van der Waals surface area contributed by atoms with E-state index in [2.05, 4.69) is 15.4 Å². The number of aryl methyl sites for hydroxylation is 1. The number of carbonyl (C=O) groups is 2. The number of nitrogens with zero attached hydrogens (tertiary/aromatic N) is 2. The molecule has 3 aromatic rings. The number of amides is 1. The Kier molecular flexibility index (Phi) is 5.00. The van der Waals surface area contributed by atoms with Crippen molar-refractivity contribution in [2.45, 2.75) is 20.4 Å². The van der Waals surface area contributed by atoms with E-state index in [9.17, 15) is 14.4 Å². The number of ether oxygens (including phenoxy) is 1. The van der Waals surface area contributed by atoms with Gasteiger partial charge in [-0.25, -0.2) is 4.52 Å². The van der Waals surface area contributed by atoms with Crippen molar-refractivity contribution in [2.24, 2.45) is 0 Å². The quantitative estimate of drug-likeness (QED) is 0.651. The van der Waals surface area contributed by atoms with Crippen molar-refractivity contribution in [3.8, 4) is 5.75 Å². The third kappa shape index (κ3) is 3.31. The van der Waals surface area contributed by atoms with Crippen molar-refractivity contribution in [2.75, 3.05) is 7.11 Å². The Morgan fingerprint density at radius 1 is 1.41 bits per heavy atom. The fourth-order valence-electron chi connectivity index (χ4n) is 2.88. The van der Waals surface area contributed by atoms with E-state index in [0.717, 1.165) is 0 Å². The lowest BCUT2D eigenvalue weighted by Crippen LogP contribution is -2.27. The van der Waals surface area contributed by atoms with Crippen LogP contribution in [0.2, 0.25) is 5.02 Å². The number of aromatic amines is 1. The molecule has 0 aromatic carbocycles. The van der Waals surface area contributed by atoms with Crippen LogP contribution in [-0.2, 0) is 6.54 Å². The van der Waals surface area contributed by atoms with E-state index in [1.165, 1.54) is 24.7 Å². The molecule has 0 spiro atoms. The first-order valence-electron chi connectivity index (χ1n) is 8.06. The fourth-order valence-corrected chi connectivity index (χ4v) is 3.27. The molecule has 1 amide bonds. The fraction of sp³-hybridized carbons (Fsp3) is 0.222. The normalized spacial score (nSPS) is 10.8. The highest BCUT2D eigenvalue weighted by atomic mass is 35.5. The maximum atomic E-state index is 12.8. The second-order valence-corrected chi connectivity index (χ2v) is 6.30. The lowest BCUT2D eigenvalue weighted by molar-refractivity contribution is 0.0952. The van der Waals surface area contributed by atoms with Crippen LogP contribution in [0.5, 0.6) is 5.75 Å². The van der Waals surface area contributed by atoms with Crippen LogP contribution in [-0.4, -0.2) is 33.4 Å². The molecule has 0 aliphatic heterocycles. The topological polar surface area (TPSA) is 106 Å². The van der Waals surface area contributed by atoms with Gasteiger partial charge in [0.25, 0.3) is 11.5 Å². The second kappa shape index (κ2) is 7.24. The number of H-pyrrole nitrogens is 1. The van der Waals surface area contributed by atoms with E-state index in [0.29, 0.717) is 17.0 Å². The molecule has 2 N–H and O–H groups in total. The smallest absolute Gasteiger partial charge is 0.256 e. The Morgan fingerprint density at radius 3 is 2.81 bits per heavy atom. The van der Waals surface area contributed by atoms with E-state index in [4.69, 9.17) is 16.3 Å². The molecule has 8 nitrogen and oxygen atoms in total. The van der Waals surface area contributed by atoms with Gasteiger partial charge >= 0.3 is 0 Å². The molecule has 3 heterocycles. The summed E-state index contributed by atoms with van der Waals surface area (Å²) in [6.07, 6.45) is 1.49. The summed E-state index contributed by atoms with van der Waals surface area (Å²) in [7, 11) is 1.45. The predicted molar refractivity (Wildman–Crippen MR) is 99.7 cm³/mol. The van der Waals surface area contributed by atoms with Gasteiger partial charge in [-0.1, -0.05) is 11.6 Å². The number of fused-ring (bicyclic) bond motifs is 1. The van der Waals surface area contributed by atoms with Gasteiger partial charge in [0.1, 0.15) is 11.4 Å². The maximum absolute atomic E-state index is 12.8. The molecule has 3 aromatic heterocycles. The largest absolute Gasteiger partial charge is 0.496 e. The van der Waals surface area contributed by atoms with E-state index in [1.54, 1.807) is 25.1 Å². The number of nitrogens with one attached hydrogen (secondary N) is 2. The lowest BCUT2D eigenvalue weighted by Gasteiger charge is -2.10. The molecule has 0 radical (unpaired) electrons. The van der Waals surface area contributed by atoms with E-state index in [1.807, 2.05) is 0 Å². The number of ketones is 1. The molecule has 0 unspecified atom stereocenters. The third-order valence-corrected chi connectivity index (χ3v) is 4.45. The molecular weight excluding hydrogens is 372 g/mol. The van der Waals surface area contributed by atoms with Crippen molar-refractivity contribution >= 4 is 28.8 Å². The van der Waals surface area contributed by atoms with Gasteiger partial charge in [0.05, 0.1) is 35.3 Å². The Morgan fingerprint density at radius 2 is 2.15 bits per heavy atom. The summed E-state index contributed by atoms with van der Waals surface area (Å²) in [5.41, 5.74) is 1.22. The van der Waals surface area contributed by atoms with Crippen LogP contribution < -0.4 is 15.6 Å². The third-order valence-electron chi connectivity index (χ3n) is 4.08. The number of carbonyl (C=O) groups excluding carboxylic acids is 2. The minimum atomic E-state index is -0.528. The molecule has 3 rings (SSSR count). The minimum absolute atomic E-state index is 0.0171. The number of Topliss-reactive ketones (excluding diaryl/α,β-unsaturated/α-hetero) is 1.